The zero-order chi connectivity index (χ0) is 20.5. The van der Waals surface area contributed by atoms with Crippen LogP contribution in [0.1, 0.15) is 16.7 Å². The van der Waals surface area contributed by atoms with Gasteiger partial charge in [0.15, 0.2) is 0 Å². The van der Waals surface area contributed by atoms with Gasteiger partial charge in [-0.15, -0.1) is 0 Å². The fraction of sp³-hybridized carbons (Fsp3) is 0.120. The van der Waals surface area contributed by atoms with Crippen molar-refractivity contribution < 1.29 is 5.11 Å². The number of aromatic nitrogens is 1. The van der Waals surface area contributed by atoms with Gasteiger partial charge < -0.3 is 5.11 Å². The van der Waals surface area contributed by atoms with Crippen LogP contribution in [0.2, 0.25) is 0 Å². The molecular weight excluding hydrogens is 378 g/mol. The summed E-state index contributed by atoms with van der Waals surface area (Å²) < 4.78 is -0.189. The van der Waals surface area contributed by atoms with Crippen LogP contribution >= 0.6 is 11.3 Å². The van der Waals surface area contributed by atoms with E-state index in [-0.39, 0.29) is 16.2 Å². The van der Waals surface area contributed by atoms with Crippen LogP contribution in [-0.4, -0.2) is 10.1 Å². The molecule has 0 aliphatic carbocycles. The zero-order valence-corrected chi connectivity index (χ0v) is 17.4. The van der Waals surface area contributed by atoms with Crippen molar-refractivity contribution >= 4 is 11.3 Å². The Morgan fingerprint density at radius 3 is 1.90 bits per heavy atom. The number of benzene rings is 3. The summed E-state index contributed by atoms with van der Waals surface area (Å²) in [6, 6.07) is 21.6. The number of hydrogen-bond acceptors (Lipinski definition) is 4. The molecule has 0 unspecified atom stereocenters. The molecular formula is C25H21NO2S. The summed E-state index contributed by atoms with van der Waals surface area (Å²) in [5.41, 5.74) is 7.10. The fourth-order valence-corrected chi connectivity index (χ4v) is 4.80. The van der Waals surface area contributed by atoms with E-state index in [1.165, 1.54) is 0 Å². The van der Waals surface area contributed by atoms with Crippen molar-refractivity contribution in [3.05, 3.63) is 93.0 Å². The van der Waals surface area contributed by atoms with E-state index in [9.17, 15) is 9.90 Å². The Morgan fingerprint density at radius 2 is 1.31 bits per heavy atom. The molecule has 0 spiro atoms. The third kappa shape index (κ3) is 3.47. The maximum Gasteiger partial charge on any atom is 0.247 e. The molecule has 0 bridgehead atoms. The predicted molar refractivity (Wildman–Crippen MR) is 121 cm³/mol. The fourth-order valence-electron chi connectivity index (χ4n) is 3.94. The maximum atomic E-state index is 13.1. The molecule has 1 N–H and O–H groups in total. The molecule has 0 saturated carbocycles. The molecule has 144 valence electrons. The highest BCUT2D eigenvalue weighted by atomic mass is 32.1. The summed E-state index contributed by atoms with van der Waals surface area (Å²) in [4.78, 5) is 17.5. The molecule has 0 fully saturated rings. The van der Waals surface area contributed by atoms with Gasteiger partial charge in [0.1, 0.15) is 10.6 Å². The average Bonchev–Trinajstić information content (AvgIpc) is 2.71. The monoisotopic (exact) mass is 399 g/mol. The molecule has 0 aliphatic heterocycles. The van der Waals surface area contributed by atoms with Crippen LogP contribution in [0.3, 0.4) is 0 Å². The second-order valence-corrected chi connectivity index (χ2v) is 8.08. The van der Waals surface area contributed by atoms with Crippen LogP contribution < -0.4 is 4.74 Å². The molecule has 1 heterocycles. The van der Waals surface area contributed by atoms with Gasteiger partial charge in [-0.2, -0.15) is 0 Å². The Hall–Kier alpha value is -3.24. The van der Waals surface area contributed by atoms with Crippen LogP contribution in [0.15, 0.2) is 71.5 Å². The number of nitrogens with zero attached hydrogens (tertiary/aromatic N) is 1. The van der Waals surface area contributed by atoms with Gasteiger partial charge in [-0.1, -0.05) is 78.1 Å². The normalized spacial score (nSPS) is 10.9. The molecule has 3 aromatic carbocycles. The van der Waals surface area contributed by atoms with Gasteiger partial charge >= 0.3 is 0 Å². The third-order valence-corrected chi connectivity index (χ3v) is 6.04. The van der Waals surface area contributed by atoms with Crippen molar-refractivity contribution in [1.82, 2.24) is 4.98 Å². The molecule has 1 aromatic heterocycles. The summed E-state index contributed by atoms with van der Waals surface area (Å²) >= 11 is 1.06. The van der Waals surface area contributed by atoms with Gasteiger partial charge in [0, 0.05) is 5.56 Å². The quantitative estimate of drug-likeness (QED) is 0.450. The molecule has 3 nitrogen and oxygen atoms in total. The van der Waals surface area contributed by atoms with E-state index in [1.54, 1.807) is 0 Å². The number of hydrogen-bond donors (Lipinski definition) is 1. The smallest absolute Gasteiger partial charge is 0.247 e. The molecule has 0 amide bonds. The van der Waals surface area contributed by atoms with Gasteiger partial charge in [0.2, 0.25) is 10.6 Å². The van der Waals surface area contributed by atoms with E-state index in [2.05, 4.69) is 30.1 Å². The number of aromatic hydroxyl groups is 1. The van der Waals surface area contributed by atoms with Gasteiger partial charge in [0.05, 0.1) is 0 Å². The Bertz CT molecular complexity index is 1250. The summed E-state index contributed by atoms with van der Waals surface area (Å²) in [7, 11) is 0. The molecule has 4 rings (SSSR count). The molecule has 0 radical (unpaired) electrons. The highest BCUT2D eigenvalue weighted by Crippen LogP contribution is 2.39. The van der Waals surface area contributed by atoms with Crippen molar-refractivity contribution in [1.29, 1.82) is 0 Å². The highest BCUT2D eigenvalue weighted by molar-refractivity contribution is 7.12. The maximum absolute atomic E-state index is 13.1. The van der Waals surface area contributed by atoms with Crippen LogP contribution in [-0.2, 0) is 0 Å². The predicted octanol–water partition coefficient (Wildman–Crippen LogP) is 6.14. The van der Waals surface area contributed by atoms with Gasteiger partial charge in [-0.3, -0.25) is 4.79 Å². The van der Waals surface area contributed by atoms with Crippen LogP contribution in [0.4, 0.5) is 0 Å². The largest absolute Gasteiger partial charge is 0.493 e. The molecule has 0 atom stereocenters. The van der Waals surface area contributed by atoms with E-state index in [0.29, 0.717) is 5.01 Å². The van der Waals surface area contributed by atoms with E-state index in [0.717, 1.165) is 50.3 Å². The minimum atomic E-state index is -0.221. The van der Waals surface area contributed by atoms with Crippen LogP contribution in [0, 0.1) is 20.8 Å². The lowest BCUT2D eigenvalue weighted by atomic mass is 9.87. The number of rotatable bonds is 3. The molecule has 29 heavy (non-hydrogen) atoms. The minimum Gasteiger partial charge on any atom is -0.493 e. The lowest BCUT2D eigenvalue weighted by Gasteiger charge is -2.18. The first kappa shape index (κ1) is 19.1. The molecule has 0 saturated heterocycles. The van der Waals surface area contributed by atoms with Crippen molar-refractivity contribution in [2.75, 3.05) is 0 Å². The third-order valence-electron chi connectivity index (χ3n) is 5.13. The Balaban J connectivity index is 1.95. The molecule has 0 aliphatic rings. The topological polar surface area (TPSA) is 50.2 Å². The Morgan fingerprint density at radius 1 is 0.759 bits per heavy atom. The summed E-state index contributed by atoms with van der Waals surface area (Å²) in [5.74, 6) is -0.221. The van der Waals surface area contributed by atoms with E-state index in [1.807, 2.05) is 62.4 Å². The van der Waals surface area contributed by atoms with E-state index >= 15 is 0 Å². The summed E-state index contributed by atoms with van der Waals surface area (Å²) in [6.45, 7) is 6.05. The second-order valence-electron chi connectivity index (χ2n) is 7.12. The SMILES string of the molecule is Cc1cc(C)c(-c2c(O)nc(-c3ccccc3)sc2=O)c(C)c1-c1ccccc1. The Labute approximate surface area is 174 Å². The van der Waals surface area contributed by atoms with Crippen LogP contribution in [0.5, 0.6) is 5.88 Å². The summed E-state index contributed by atoms with van der Waals surface area (Å²) in [6.07, 6.45) is 0. The van der Waals surface area contributed by atoms with E-state index < -0.39 is 0 Å². The number of aryl methyl sites for hydroxylation is 2. The van der Waals surface area contributed by atoms with Crippen molar-refractivity contribution in [3.63, 3.8) is 0 Å². The van der Waals surface area contributed by atoms with E-state index in [4.69, 9.17) is 0 Å². The zero-order valence-electron chi connectivity index (χ0n) is 16.6. The van der Waals surface area contributed by atoms with Gasteiger partial charge in [0.25, 0.3) is 0 Å². The first-order chi connectivity index (χ1) is 14.0. The van der Waals surface area contributed by atoms with Gasteiger partial charge in [-0.25, -0.2) is 4.98 Å². The Kier molecular flexibility index (Phi) is 5.03. The van der Waals surface area contributed by atoms with Crippen molar-refractivity contribution in [2.24, 2.45) is 0 Å². The van der Waals surface area contributed by atoms with Crippen LogP contribution in [0.25, 0.3) is 32.8 Å². The summed E-state index contributed by atoms with van der Waals surface area (Å²) in [5, 5.41) is 11.3. The lowest BCUT2D eigenvalue weighted by molar-refractivity contribution is 0.457. The van der Waals surface area contributed by atoms with Crippen molar-refractivity contribution in [2.45, 2.75) is 20.8 Å². The first-order valence-corrected chi connectivity index (χ1v) is 10.2. The second kappa shape index (κ2) is 7.64. The van der Waals surface area contributed by atoms with Gasteiger partial charge in [-0.05, 0) is 54.2 Å². The average molecular weight is 400 g/mol. The molecule has 4 aromatic rings. The standard InChI is InChI=1S/C25H21NO2S/c1-15-14-16(2)21(17(3)20(15)18-10-6-4-7-11-18)22-23(27)26-24(29-25(22)28)19-12-8-5-9-13-19/h4-14,27H,1-3H3. The van der Waals surface area contributed by atoms with Crippen molar-refractivity contribution in [3.8, 4) is 38.7 Å². The first-order valence-electron chi connectivity index (χ1n) is 9.43. The lowest BCUT2D eigenvalue weighted by Crippen LogP contribution is -2.06. The highest BCUT2D eigenvalue weighted by Gasteiger charge is 2.21. The molecule has 4 heteroatoms. The minimum absolute atomic E-state index is 0.189.